The predicted octanol–water partition coefficient (Wildman–Crippen LogP) is 2.00. The molecule has 0 fully saturated rings. The van der Waals surface area contributed by atoms with Crippen molar-refractivity contribution in [1.29, 1.82) is 0 Å². The minimum absolute atomic E-state index is 0.674. The van der Waals surface area contributed by atoms with Crippen molar-refractivity contribution >= 4 is 28.3 Å². The van der Waals surface area contributed by atoms with Gasteiger partial charge >= 0.3 is 0 Å². The van der Waals surface area contributed by atoms with Gasteiger partial charge in [-0.2, -0.15) is 0 Å². The van der Waals surface area contributed by atoms with Gasteiger partial charge in [0.15, 0.2) is 0 Å². The second-order valence-electron chi connectivity index (χ2n) is 2.63. The highest BCUT2D eigenvalue weighted by molar-refractivity contribution is 14.1. The van der Waals surface area contributed by atoms with E-state index in [9.17, 15) is 0 Å². The molecule has 0 atom stereocenters. The minimum Gasteiger partial charge on any atom is -0.493 e. The van der Waals surface area contributed by atoms with E-state index in [4.69, 9.17) is 10.6 Å². The van der Waals surface area contributed by atoms with Crippen LogP contribution in [0.3, 0.4) is 0 Å². The van der Waals surface area contributed by atoms with Gasteiger partial charge in [-0.15, -0.1) is 0 Å². The lowest BCUT2D eigenvalue weighted by atomic mass is 10.3. The van der Waals surface area contributed by atoms with Crippen LogP contribution in [0, 0.1) is 3.57 Å². The summed E-state index contributed by atoms with van der Waals surface area (Å²) in [5.41, 5.74) is 0.978. The van der Waals surface area contributed by atoms with Crippen LogP contribution < -0.4 is 15.6 Å². The molecule has 1 rings (SSSR count). The molecule has 4 heteroatoms. The number of hydrazine groups is 1. The molecule has 0 saturated carbocycles. The highest BCUT2D eigenvalue weighted by Gasteiger charge is 2.07. The molecule has 0 aliphatic rings. The van der Waals surface area contributed by atoms with E-state index in [1.54, 1.807) is 5.01 Å². The fourth-order valence-electron chi connectivity index (χ4n) is 1.04. The van der Waals surface area contributed by atoms with Crippen LogP contribution in [0.2, 0.25) is 0 Å². The Morgan fingerprint density at radius 1 is 1.54 bits per heavy atom. The van der Waals surface area contributed by atoms with Crippen LogP contribution >= 0.6 is 22.6 Å². The van der Waals surface area contributed by atoms with Gasteiger partial charge in [0.25, 0.3) is 0 Å². The van der Waals surface area contributed by atoms with E-state index in [1.807, 2.05) is 32.2 Å². The number of hydrogen-bond donors (Lipinski definition) is 1. The Kier molecular flexibility index (Phi) is 3.80. The molecular formula is C9H13IN2O. The lowest BCUT2D eigenvalue weighted by Crippen LogP contribution is -2.25. The summed E-state index contributed by atoms with van der Waals surface area (Å²) in [6, 6.07) is 5.84. The van der Waals surface area contributed by atoms with Crippen LogP contribution in [0.25, 0.3) is 0 Å². The standard InChI is InChI=1S/C9H13IN2O/c1-3-13-8-6-4-5-7(9(8)10)12(2)11/h4-6H,3,11H2,1-2H3. The summed E-state index contributed by atoms with van der Waals surface area (Å²) in [4.78, 5) is 0. The summed E-state index contributed by atoms with van der Waals surface area (Å²) in [6.45, 7) is 2.64. The van der Waals surface area contributed by atoms with Gasteiger partial charge < -0.3 is 9.75 Å². The molecule has 1 aromatic rings. The molecule has 1 aromatic carbocycles. The molecule has 0 radical (unpaired) electrons. The second kappa shape index (κ2) is 4.66. The number of rotatable bonds is 3. The first-order chi connectivity index (χ1) is 6.16. The Hall–Kier alpha value is -0.490. The van der Waals surface area contributed by atoms with E-state index < -0.39 is 0 Å². The molecule has 13 heavy (non-hydrogen) atoms. The van der Waals surface area contributed by atoms with Crippen LogP contribution in [0.1, 0.15) is 6.92 Å². The van der Waals surface area contributed by atoms with Crippen molar-refractivity contribution in [2.24, 2.45) is 5.84 Å². The molecule has 0 unspecified atom stereocenters. The third kappa shape index (κ3) is 2.47. The monoisotopic (exact) mass is 292 g/mol. The van der Waals surface area contributed by atoms with Gasteiger partial charge in [-0.05, 0) is 41.6 Å². The van der Waals surface area contributed by atoms with Gasteiger partial charge in [0, 0.05) is 7.05 Å². The summed E-state index contributed by atoms with van der Waals surface area (Å²) in [6.07, 6.45) is 0. The molecule has 0 aliphatic carbocycles. The summed E-state index contributed by atoms with van der Waals surface area (Å²) >= 11 is 2.23. The number of halogens is 1. The number of ether oxygens (including phenoxy) is 1. The van der Waals surface area contributed by atoms with Crippen LogP contribution in [0.5, 0.6) is 5.75 Å². The molecular weight excluding hydrogens is 279 g/mol. The number of nitrogens with two attached hydrogens (primary N) is 1. The Labute approximate surface area is 92.0 Å². The topological polar surface area (TPSA) is 38.5 Å². The molecule has 72 valence electrons. The van der Waals surface area contributed by atoms with E-state index in [0.717, 1.165) is 15.0 Å². The lowest BCUT2D eigenvalue weighted by molar-refractivity contribution is 0.338. The maximum Gasteiger partial charge on any atom is 0.134 e. The Bertz CT molecular complexity index is 289. The lowest BCUT2D eigenvalue weighted by Gasteiger charge is -2.16. The van der Waals surface area contributed by atoms with Crippen LogP contribution in [0.4, 0.5) is 5.69 Å². The van der Waals surface area contributed by atoms with Crippen molar-refractivity contribution in [2.75, 3.05) is 18.7 Å². The number of anilines is 1. The van der Waals surface area contributed by atoms with Gasteiger partial charge in [-0.25, -0.2) is 5.84 Å². The van der Waals surface area contributed by atoms with Crippen molar-refractivity contribution < 1.29 is 4.74 Å². The number of hydrogen-bond acceptors (Lipinski definition) is 3. The van der Waals surface area contributed by atoms with Gasteiger partial charge in [-0.3, -0.25) is 0 Å². The number of benzene rings is 1. The fourth-order valence-corrected chi connectivity index (χ4v) is 1.93. The maximum atomic E-state index is 5.65. The summed E-state index contributed by atoms with van der Waals surface area (Å²) in [7, 11) is 1.81. The summed E-state index contributed by atoms with van der Waals surface area (Å²) in [5.74, 6) is 6.54. The first kappa shape index (κ1) is 10.6. The molecule has 0 bridgehead atoms. The molecule has 2 N–H and O–H groups in total. The zero-order chi connectivity index (χ0) is 9.84. The van der Waals surface area contributed by atoms with Crippen LogP contribution in [-0.4, -0.2) is 13.7 Å². The second-order valence-corrected chi connectivity index (χ2v) is 3.71. The van der Waals surface area contributed by atoms with Gasteiger partial charge in [0.1, 0.15) is 5.75 Å². The molecule has 0 heterocycles. The highest BCUT2D eigenvalue weighted by Crippen LogP contribution is 2.29. The largest absolute Gasteiger partial charge is 0.493 e. The molecule has 0 spiro atoms. The first-order valence-corrected chi connectivity index (χ1v) is 5.14. The highest BCUT2D eigenvalue weighted by atomic mass is 127. The maximum absolute atomic E-state index is 5.65. The average Bonchev–Trinajstić information content (AvgIpc) is 2.08. The third-order valence-corrected chi connectivity index (χ3v) is 2.71. The smallest absolute Gasteiger partial charge is 0.134 e. The quantitative estimate of drug-likeness (QED) is 0.526. The van der Waals surface area contributed by atoms with Crippen LogP contribution in [0.15, 0.2) is 18.2 Å². The average molecular weight is 292 g/mol. The van der Waals surface area contributed by atoms with E-state index in [2.05, 4.69) is 22.6 Å². The zero-order valence-corrected chi connectivity index (χ0v) is 9.91. The SMILES string of the molecule is CCOc1cccc(N(C)N)c1I. The molecule has 3 nitrogen and oxygen atoms in total. The Morgan fingerprint density at radius 2 is 2.23 bits per heavy atom. The van der Waals surface area contributed by atoms with Gasteiger partial charge in [0.2, 0.25) is 0 Å². The van der Waals surface area contributed by atoms with Crippen molar-refractivity contribution in [1.82, 2.24) is 0 Å². The van der Waals surface area contributed by atoms with E-state index in [1.165, 1.54) is 0 Å². The van der Waals surface area contributed by atoms with Crippen molar-refractivity contribution in [3.63, 3.8) is 0 Å². The molecule has 0 amide bonds. The van der Waals surface area contributed by atoms with Crippen molar-refractivity contribution in [2.45, 2.75) is 6.92 Å². The molecule has 0 saturated heterocycles. The minimum atomic E-state index is 0.674. The van der Waals surface area contributed by atoms with Gasteiger partial charge in [0.05, 0.1) is 15.9 Å². The van der Waals surface area contributed by atoms with E-state index >= 15 is 0 Å². The summed E-state index contributed by atoms with van der Waals surface area (Å²) in [5, 5.41) is 1.59. The van der Waals surface area contributed by atoms with E-state index in [0.29, 0.717) is 6.61 Å². The Morgan fingerprint density at radius 3 is 2.77 bits per heavy atom. The van der Waals surface area contributed by atoms with Gasteiger partial charge in [-0.1, -0.05) is 6.07 Å². The van der Waals surface area contributed by atoms with Crippen molar-refractivity contribution in [3.05, 3.63) is 21.8 Å². The van der Waals surface area contributed by atoms with E-state index in [-0.39, 0.29) is 0 Å². The third-order valence-electron chi connectivity index (χ3n) is 1.62. The fraction of sp³-hybridized carbons (Fsp3) is 0.333. The van der Waals surface area contributed by atoms with Crippen molar-refractivity contribution in [3.8, 4) is 5.75 Å². The summed E-state index contributed by atoms with van der Waals surface area (Å²) < 4.78 is 6.49. The number of nitrogens with zero attached hydrogens (tertiary/aromatic N) is 1. The predicted molar refractivity (Wildman–Crippen MR) is 62.9 cm³/mol. The molecule has 0 aliphatic heterocycles. The zero-order valence-electron chi connectivity index (χ0n) is 7.75. The first-order valence-electron chi connectivity index (χ1n) is 4.06. The van der Waals surface area contributed by atoms with Crippen LogP contribution in [-0.2, 0) is 0 Å². The Balaban J connectivity index is 3.03. The molecule has 0 aromatic heterocycles. The normalized spacial score (nSPS) is 9.85.